The summed E-state index contributed by atoms with van der Waals surface area (Å²) in [5, 5.41) is 0. The molecular weight excluding hydrogens is 477 g/mol. The third-order valence-corrected chi connectivity index (χ3v) is 10.0. The second kappa shape index (κ2) is 9.80. The molecule has 2 rings (SSSR count). The van der Waals surface area contributed by atoms with E-state index in [0.29, 0.717) is 21.5 Å². The zero-order valence-corrected chi connectivity index (χ0v) is 22.2. The molecule has 0 spiro atoms. The molecule has 0 aromatic heterocycles. The Morgan fingerprint density at radius 2 is 1.07 bits per heavy atom. The summed E-state index contributed by atoms with van der Waals surface area (Å²) < 4.78 is 45.7. The van der Waals surface area contributed by atoms with Gasteiger partial charge in [-0.3, -0.25) is 0 Å². The largest absolute Gasteiger partial charge is 2.00 e. The van der Waals surface area contributed by atoms with Gasteiger partial charge in [0.1, 0.15) is 0 Å². The van der Waals surface area contributed by atoms with Crippen LogP contribution in [0.2, 0.25) is 0 Å². The predicted octanol–water partition coefficient (Wildman–Crippen LogP) is 0.274. The fourth-order valence-corrected chi connectivity index (χ4v) is 8.20. The number of thiocarbonyl (C=S) groups is 2. The van der Waals surface area contributed by atoms with E-state index in [1.165, 1.54) is 0 Å². The third kappa shape index (κ3) is 7.57. The monoisotopic (exact) mass is 500 g/mol. The van der Waals surface area contributed by atoms with Gasteiger partial charge >= 0.3 is 23.1 Å². The Morgan fingerprint density at radius 3 is 1.22 bits per heavy atom. The van der Waals surface area contributed by atoms with Crippen molar-refractivity contribution in [3.05, 3.63) is 0 Å². The van der Waals surface area contributed by atoms with Crippen LogP contribution in [0.15, 0.2) is 0 Å². The van der Waals surface area contributed by atoms with Gasteiger partial charge in [-0.15, -0.1) is 0 Å². The molecule has 27 heavy (non-hydrogen) atoms. The minimum absolute atomic E-state index is 0. The molecule has 0 bridgehead atoms. The molecule has 2 aliphatic heterocycles. The number of hydrogen-bond acceptors (Lipinski definition) is 8. The minimum atomic E-state index is -2.88. The SMILES string of the molecule is CN(C(=S)[S-])C1(C)CCS(=O)(=O)C1.CN(C(=S)[S-])C1(C)CCS(=O)(=O)C1.[Mg+2]. The van der Waals surface area contributed by atoms with Crippen molar-refractivity contribution in [1.82, 2.24) is 9.80 Å². The molecule has 152 valence electrons. The summed E-state index contributed by atoms with van der Waals surface area (Å²) >= 11 is 19.4. The average molecular weight is 501 g/mol. The van der Waals surface area contributed by atoms with Crippen molar-refractivity contribution in [2.45, 2.75) is 37.8 Å². The normalized spacial score (nSPS) is 30.4. The summed E-state index contributed by atoms with van der Waals surface area (Å²) in [4.78, 5) is 3.42. The Morgan fingerprint density at radius 1 is 0.815 bits per heavy atom. The first kappa shape index (κ1) is 27.9. The van der Waals surface area contributed by atoms with Crippen molar-refractivity contribution in [1.29, 1.82) is 0 Å². The summed E-state index contributed by atoms with van der Waals surface area (Å²) in [6.45, 7) is 3.77. The number of hydrogen-bond donors (Lipinski definition) is 0. The van der Waals surface area contributed by atoms with Crippen molar-refractivity contribution in [3.63, 3.8) is 0 Å². The minimum Gasteiger partial charge on any atom is -0.411 e. The Balaban J connectivity index is 0.000000483. The molecule has 0 radical (unpaired) electrons. The molecule has 0 amide bonds. The molecule has 2 aliphatic rings. The van der Waals surface area contributed by atoms with Gasteiger partial charge in [-0.05, 0) is 26.7 Å². The second-order valence-corrected chi connectivity index (χ2v) is 13.8. The van der Waals surface area contributed by atoms with E-state index in [0.717, 1.165) is 0 Å². The first-order valence-corrected chi connectivity index (χ1v) is 13.1. The van der Waals surface area contributed by atoms with Crippen LogP contribution in [0, 0.1) is 0 Å². The summed E-state index contributed by atoms with van der Waals surface area (Å²) in [5.74, 6) is 0.804. The van der Waals surface area contributed by atoms with Crippen molar-refractivity contribution in [3.8, 4) is 0 Å². The standard InChI is InChI=1S/2C7H13NO2S3.Mg/c2*1-7(8(2)6(11)12)3-4-13(9,10)5-7;/h2*3-5H2,1-2H3,(H,11,12);/q;;+2/p-2. The molecule has 2 saturated heterocycles. The van der Waals surface area contributed by atoms with Gasteiger partial charge < -0.3 is 59.5 Å². The average Bonchev–Trinajstić information content (AvgIpc) is 2.94. The van der Waals surface area contributed by atoms with Gasteiger partial charge in [0.2, 0.25) is 0 Å². The van der Waals surface area contributed by atoms with Gasteiger partial charge in [0, 0.05) is 14.1 Å². The van der Waals surface area contributed by atoms with E-state index in [1.807, 2.05) is 13.8 Å². The van der Waals surface area contributed by atoms with Crippen LogP contribution in [-0.2, 0) is 44.9 Å². The molecule has 0 aliphatic carbocycles. The van der Waals surface area contributed by atoms with E-state index in [4.69, 9.17) is 49.7 Å². The number of nitrogens with zero attached hydrogens (tertiary/aromatic N) is 2. The zero-order valence-electron chi connectivity index (χ0n) is 15.9. The number of sulfone groups is 2. The first-order valence-electron chi connectivity index (χ1n) is 7.84. The molecule has 13 heteroatoms. The Hall–Kier alpha value is 0.886. The molecule has 2 unspecified atom stereocenters. The molecule has 6 nitrogen and oxygen atoms in total. The van der Waals surface area contributed by atoms with Crippen molar-refractivity contribution in [2.24, 2.45) is 0 Å². The smallest absolute Gasteiger partial charge is 0.411 e. The topological polar surface area (TPSA) is 74.8 Å². The van der Waals surface area contributed by atoms with Crippen LogP contribution in [0.1, 0.15) is 26.7 Å². The molecule has 0 aromatic carbocycles. The van der Waals surface area contributed by atoms with Crippen LogP contribution in [0.3, 0.4) is 0 Å². The van der Waals surface area contributed by atoms with E-state index in [9.17, 15) is 16.8 Å². The van der Waals surface area contributed by atoms with Gasteiger partial charge in [0.15, 0.2) is 19.7 Å². The molecule has 2 fully saturated rings. The van der Waals surface area contributed by atoms with E-state index in [-0.39, 0.29) is 46.1 Å². The van der Waals surface area contributed by atoms with Gasteiger partial charge in [-0.25, -0.2) is 16.8 Å². The Kier molecular flexibility index (Phi) is 10.1. The van der Waals surface area contributed by atoms with Crippen molar-refractivity contribution >= 4 is 101 Å². The van der Waals surface area contributed by atoms with Gasteiger partial charge in [-0.2, -0.15) is 0 Å². The maximum absolute atomic E-state index is 11.3. The second-order valence-electron chi connectivity index (χ2n) is 7.33. The first-order chi connectivity index (χ1) is 11.5. The fourth-order valence-electron chi connectivity index (χ4n) is 2.96. The van der Waals surface area contributed by atoms with E-state index < -0.39 is 30.8 Å². The Bertz CT molecular complexity index is 721. The van der Waals surface area contributed by atoms with Crippen LogP contribution < -0.4 is 0 Å². The van der Waals surface area contributed by atoms with Gasteiger partial charge in [-0.1, -0.05) is 8.64 Å². The van der Waals surface area contributed by atoms with Crippen LogP contribution in [0.5, 0.6) is 0 Å². The predicted molar refractivity (Wildman–Crippen MR) is 125 cm³/mol. The molecular formula is C14H24MgN2O4S6. The molecule has 0 N–H and O–H groups in total. The zero-order chi connectivity index (χ0) is 20.6. The van der Waals surface area contributed by atoms with Crippen LogP contribution in [0.25, 0.3) is 0 Å². The van der Waals surface area contributed by atoms with Crippen LogP contribution >= 0.6 is 24.4 Å². The maximum Gasteiger partial charge on any atom is 2.00 e. The summed E-state index contributed by atoms with van der Waals surface area (Å²) in [6, 6.07) is 0. The molecule has 2 heterocycles. The number of rotatable bonds is 2. The molecule has 0 aromatic rings. The summed E-state index contributed by atoms with van der Waals surface area (Å²) in [5.41, 5.74) is -0.782. The van der Waals surface area contributed by atoms with Crippen molar-refractivity contribution in [2.75, 3.05) is 37.1 Å². The van der Waals surface area contributed by atoms with E-state index in [1.54, 1.807) is 23.9 Å². The van der Waals surface area contributed by atoms with E-state index in [2.05, 4.69) is 0 Å². The van der Waals surface area contributed by atoms with E-state index >= 15 is 0 Å². The Labute approximate surface area is 201 Å². The molecule has 0 saturated carbocycles. The van der Waals surface area contributed by atoms with Gasteiger partial charge in [0.05, 0.1) is 34.1 Å². The summed E-state index contributed by atoms with van der Waals surface area (Å²) in [7, 11) is -2.24. The fraction of sp³-hybridized carbons (Fsp3) is 0.857. The third-order valence-electron chi connectivity index (χ3n) is 5.13. The van der Waals surface area contributed by atoms with Crippen LogP contribution in [0.4, 0.5) is 0 Å². The maximum atomic E-state index is 11.3. The molecule has 2 atom stereocenters. The van der Waals surface area contributed by atoms with Gasteiger partial charge in [0.25, 0.3) is 0 Å². The van der Waals surface area contributed by atoms with Crippen LogP contribution in [-0.4, -0.2) is 107 Å². The van der Waals surface area contributed by atoms with Crippen molar-refractivity contribution < 1.29 is 16.8 Å². The summed E-state index contributed by atoms with van der Waals surface area (Å²) in [6.07, 6.45) is 1.23. The quantitative estimate of drug-likeness (QED) is 0.300.